The van der Waals surface area contributed by atoms with E-state index in [-0.39, 0.29) is 40.6 Å². The molecule has 0 spiro atoms. The fourth-order valence-corrected chi connectivity index (χ4v) is 7.79. The molecule has 0 bridgehead atoms. The number of sulfonamides is 1. The first-order chi connectivity index (χ1) is 24.5. The second-order valence-corrected chi connectivity index (χ2v) is 15.7. The maximum absolute atomic E-state index is 16.2. The van der Waals surface area contributed by atoms with Gasteiger partial charge in [-0.25, -0.2) is 32.0 Å². The van der Waals surface area contributed by atoms with Crippen LogP contribution in [0.1, 0.15) is 64.7 Å². The molecule has 1 atom stereocenters. The average Bonchev–Trinajstić information content (AvgIpc) is 3.46. The molecule has 1 unspecified atom stereocenters. The van der Waals surface area contributed by atoms with Gasteiger partial charge in [-0.1, -0.05) is 18.5 Å². The summed E-state index contributed by atoms with van der Waals surface area (Å²) in [6.45, 7) is 9.47. The number of carbonyl (C=O) groups is 2. The van der Waals surface area contributed by atoms with Crippen LogP contribution in [0.5, 0.6) is 5.75 Å². The van der Waals surface area contributed by atoms with Crippen molar-refractivity contribution in [2.24, 2.45) is 0 Å². The summed E-state index contributed by atoms with van der Waals surface area (Å²) in [7, 11) is -4.54. The number of benzene rings is 3. The van der Waals surface area contributed by atoms with E-state index in [0.29, 0.717) is 54.8 Å². The average molecular weight is 758 g/mol. The van der Waals surface area contributed by atoms with Gasteiger partial charge in [-0.05, 0) is 87.6 Å². The standard InChI is InChI=1S/C36H38ClF2N5O7S/c1-6-20-13-21(14-22-17-40-34(42-32(20)22)41-24-9-11-44(12-10-24)35(46)51-36(3,4)5)30-26(38)7-8-27(31(30)39)43-52(47,48)29-16-23(37)15-25-28(50-19(2)45)18-49-33(25)29/h7-8,13-17,24,28,43H,6,9-12,18H2,1-5H3,(H,40,41,42). The van der Waals surface area contributed by atoms with Crippen molar-refractivity contribution in [3.8, 4) is 16.9 Å². The number of aryl methyl sites for hydroxylation is 1. The Bertz CT molecular complexity index is 2170. The van der Waals surface area contributed by atoms with Gasteiger partial charge in [0.05, 0.1) is 16.8 Å². The summed E-state index contributed by atoms with van der Waals surface area (Å²) >= 11 is 6.22. The van der Waals surface area contributed by atoms with Gasteiger partial charge in [-0.2, -0.15) is 0 Å². The zero-order chi connectivity index (χ0) is 37.5. The third kappa shape index (κ3) is 7.84. The highest BCUT2D eigenvalue weighted by Crippen LogP contribution is 2.43. The summed E-state index contributed by atoms with van der Waals surface area (Å²) in [6, 6.07) is 7.70. The van der Waals surface area contributed by atoms with Crippen LogP contribution in [0.2, 0.25) is 5.02 Å². The van der Waals surface area contributed by atoms with Crippen LogP contribution in [-0.4, -0.2) is 66.7 Å². The molecule has 4 aromatic rings. The molecule has 2 aliphatic heterocycles. The Morgan fingerprint density at radius 1 is 1.12 bits per heavy atom. The maximum Gasteiger partial charge on any atom is 0.410 e. The van der Waals surface area contributed by atoms with E-state index in [1.807, 2.05) is 27.7 Å². The molecule has 2 aliphatic rings. The number of piperidine rings is 1. The molecule has 2 N–H and O–H groups in total. The first kappa shape index (κ1) is 37.0. The van der Waals surface area contributed by atoms with Crippen molar-refractivity contribution in [3.05, 3.63) is 70.4 Å². The van der Waals surface area contributed by atoms with Crippen molar-refractivity contribution in [1.29, 1.82) is 0 Å². The van der Waals surface area contributed by atoms with Gasteiger partial charge in [0.2, 0.25) is 5.95 Å². The van der Waals surface area contributed by atoms with E-state index in [2.05, 4.69) is 15.0 Å². The highest BCUT2D eigenvalue weighted by atomic mass is 35.5. The van der Waals surface area contributed by atoms with Crippen molar-refractivity contribution in [3.63, 3.8) is 0 Å². The van der Waals surface area contributed by atoms with E-state index >= 15 is 8.78 Å². The second-order valence-electron chi connectivity index (χ2n) is 13.6. The Kier molecular flexibility index (Phi) is 10.2. The van der Waals surface area contributed by atoms with Crippen molar-refractivity contribution in [2.45, 2.75) is 76.5 Å². The number of nitrogens with one attached hydrogen (secondary N) is 2. The molecule has 12 nitrogen and oxygen atoms in total. The van der Waals surface area contributed by atoms with Gasteiger partial charge in [0, 0.05) is 48.2 Å². The van der Waals surface area contributed by atoms with E-state index < -0.39 is 55.5 Å². The number of aromatic nitrogens is 2. The van der Waals surface area contributed by atoms with E-state index in [4.69, 9.17) is 30.8 Å². The van der Waals surface area contributed by atoms with E-state index in [0.717, 1.165) is 18.2 Å². The van der Waals surface area contributed by atoms with Gasteiger partial charge in [-0.3, -0.25) is 9.52 Å². The lowest BCUT2D eigenvalue weighted by Gasteiger charge is -2.33. The molecule has 6 rings (SSSR count). The Labute approximate surface area is 304 Å². The number of nitrogens with zero attached hydrogens (tertiary/aromatic N) is 3. The third-order valence-electron chi connectivity index (χ3n) is 8.62. The van der Waals surface area contributed by atoms with Crippen LogP contribution in [0.4, 0.5) is 25.2 Å². The van der Waals surface area contributed by atoms with Gasteiger partial charge < -0.3 is 24.4 Å². The Morgan fingerprint density at radius 2 is 1.85 bits per heavy atom. The van der Waals surface area contributed by atoms with Crippen molar-refractivity contribution < 1.29 is 41.0 Å². The fourth-order valence-electron chi connectivity index (χ4n) is 6.24. The number of rotatable bonds is 8. The normalized spacial score (nSPS) is 16.3. The molecule has 0 radical (unpaired) electrons. The van der Waals surface area contributed by atoms with E-state index in [1.54, 1.807) is 23.2 Å². The number of ether oxygens (including phenoxy) is 3. The van der Waals surface area contributed by atoms with Crippen molar-refractivity contribution >= 4 is 56.2 Å². The number of carbonyl (C=O) groups excluding carboxylic acids is 2. The lowest BCUT2D eigenvalue weighted by atomic mass is 9.97. The smallest absolute Gasteiger partial charge is 0.410 e. The molecule has 52 heavy (non-hydrogen) atoms. The predicted octanol–water partition coefficient (Wildman–Crippen LogP) is 7.40. The molecule has 1 saturated heterocycles. The van der Waals surface area contributed by atoms with Crippen LogP contribution in [0.15, 0.2) is 47.5 Å². The Hall–Kier alpha value is -4.76. The SMILES string of the molecule is CCc1cc(-c2c(F)ccc(NS(=O)(=O)c3cc(Cl)cc4c3OCC4OC(C)=O)c2F)cc2cnc(NC3CCN(C(=O)OC(C)(C)C)CC3)nc12. The molecular formula is C36H38ClF2N5O7S. The monoisotopic (exact) mass is 757 g/mol. The summed E-state index contributed by atoms with van der Waals surface area (Å²) in [5.74, 6) is -2.35. The number of hydrogen-bond donors (Lipinski definition) is 2. The Balaban J connectivity index is 1.24. The summed E-state index contributed by atoms with van der Waals surface area (Å²) in [5.41, 5.74) is 0.162. The topological polar surface area (TPSA) is 149 Å². The van der Waals surface area contributed by atoms with Crippen LogP contribution in [0.25, 0.3) is 22.0 Å². The maximum atomic E-state index is 16.2. The minimum absolute atomic E-state index is 0.0185. The number of fused-ring (bicyclic) bond motifs is 2. The fraction of sp³-hybridized carbons (Fsp3) is 0.389. The highest BCUT2D eigenvalue weighted by molar-refractivity contribution is 7.92. The predicted molar refractivity (Wildman–Crippen MR) is 191 cm³/mol. The summed E-state index contributed by atoms with van der Waals surface area (Å²) in [6.07, 6.45) is 2.14. The molecule has 276 valence electrons. The second kappa shape index (κ2) is 14.3. The Morgan fingerprint density at radius 3 is 2.52 bits per heavy atom. The summed E-state index contributed by atoms with van der Waals surface area (Å²) in [4.78, 5) is 34.5. The van der Waals surface area contributed by atoms with Crippen LogP contribution in [0, 0.1) is 11.6 Å². The molecule has 1 aromatic heterocycles. The van der Waals surface area contributed by atoms with Gasteiger partial charge in [0.25, 0.3) is 10.0 Å². The quantitative estimate of drug-likeness (QED) is 0.174. The number of likely N-dealkylation sites (tertiary alicyclic amines) is 1. The van der Waals surface area contributed by atoms with Crippen LogP contribution >= 0.6 is 11.6 Å². The number of hydrogen-bond acceptors (Lipinski definition) is 10. The third-order valence-corrected chi connectivity index (χ3v) is 10.2. The minimum atomic E-state index is -4.54. The lowest BCUT2D eigenvalue weighted by molar-refractivity contribution is -0.147. The molecule has 1 amide bonds. The van der Waals surface area contributed by atoms with Crippen LogP contribution in [0.3, 0.4) is 0 Å². The summed E-state index contributed by atoms with van der Waals surface area (Å²) in [5, 5.41) is 3.89. The minimum Gasteiger partial charge on any atom is -0.487 e. The van der Waals surface area contributed by atoms with Gasteiger partial charge in [-0.15, -0.1) is 0 Å². The summed E-state index contributed by atoms with van der Waals surface area (Å²) < 4.78 is 77.3. The van der Waals surface area contributed by atoms with E-state index in [9.17, 15) is 18.0 Å². The number of amides is 1. The molecule has 16 heteroatoms. The zero-order valence-corrected chi connectivity index (χ0v) is 30.8. The van der Waals surface area contributed by atoms with Gasteiger partial charge in [0.1, 0.15) is 28.7 Å². The van der Waals surface area contributed by atoms with Gasteiger partial charge >= 0.3 is 12.1 Å². The van der Waals surface area contributed by atoms with Crippen molar-refractivity contribution in [2.75, 3.05) is 29.7 Å². The number of anilines is 2. The molecule has 3 heterocycles. The van der Waals surface area contributed by atoms with Gasteiger partial charge in [0.15, 0.2) is 11.9 Å². The van der Waals surface area contributed by atoms with Crippen LogP contribution in [-0.2, 0) is 30.7 Å². The molecule has 3 aromatic carbocycles. The molecule has 0 saturated carbocycles. The largest absolute Gasteiger partial charge is 0.487 e. The molecule has 1 fully saturated rings. The molecule has 0 aliphatic carbocycles. The lowest BCUT2D eigenvalue weighted by Crippen LogP contribution is -2.44. The van der Waals surface area contributed by atoms with Crippen molar-refractivity contribution in [1.82, 2.24) is 14.9 Å². The highest BCUT2D eigenvalue weighted by Gasteiger charge is 2.35. The molecular weight excluding hydrogens is 720 g/mol. The van der Waals surface area contributed by atoms with Crippen LogP contribution < -0.4 is 14.8 Å². The zero-order valence-electron chi connectivity index (χ0n) is 29.2. The first-order valence-corrected chi connectivity index (χ1v) is 18.6. The number of esters is 1. The number of halogens is 3. The first-order valence-electron chi connectivity index (χ1n) is 16.7. The van der Waals surface area contributed by atoms with E-state index in [1.165, 1.54) is 13.0 Å².